The number of carbonyl (C=O) groups excluding carboxylic acids is 3. The highest BCUT2D eigenvalue weighted by Gasteiger charge is 2.28. The van der Waals surface area contributed by atoms with Crippen LogP contribution in [0.5, 0.6) is 0 Å². The van der Waals surface area contributed by atoms with Crippen molar-refractivity contribution >= 4 is 34.2 Å². The first-order valence-electron chi connectivity index (χ1n) is 8.10. The van der Waals surface area contributed by atoms with E-state index in [1.54, 1.807) is 0 Å². The van der Waals surface area contributed by atoms with E-state index in [-0.39, 0.29) is 43.5 Å². The summed E-state index contributed by atoms with van der Waals surface area (Å²) in [6.07, 6.45) is 0.564. The second-order valence-corrected chi connectivity index (χ2v) is 6.95. The Hall–Kier alpha value is -2.54. The molecule has 1 aromatic carbocycles. The van der Waals surface area contributed by atoms with Crippen LogP contribution < -0.4 is 5.32 Å². The van der Waals surface area contributed by atoms with Crippen LogP contribution in [0.3, 0.4) is 0 Å². The molecule has 1 aliphatic rings. The summed E-state index contributed by atoms with van der Waals surface area (Å²) in [6, 6.07) is 6.17. The number of carbonyl (C=O) groups is 3. The summed E-state index contributed by atoms with van der Waals surface area (Å²) in [4.78, 5) is 40.8. The molecule has 2 heterocycles. The molecule has 2 aromatic rings. The molecule has 0 spiro atoms. The molecule has 0 radical (unpaired) electrons. The Labute approximate surface area is 149 Å². The number of benzene rings is 1. The van der Waals surface area contributed by atoms with Crippen molar-refractivity contribution in [2.75, 3.05) is 11.9 Å². The van der Waals surface area contributed by atoms with Crippen LogP contribution in [-0.4, -0.2) is 34.2 Å². The first-order valence-corrected chi connectivity index (χ1v) is 8.98. The largest absolute Gasteiger partial charge is 0.302 e. The molecule has 1 aromatic heterocycles. The van der Waals surface area contributed by atoms with Crippen molar-refractivity contribution in [3.63, 3.8) is 0 Å². The van der Waals surface area contributed by atoms with Crippen molar-refractivity contribution in [2.45, 2.75) is 33.1 Å². The minimum Gasteiger partial charge on any atom is -0.302 e. The quantitative estimate of drug-likeness (QED) is 0.835. The number of nitrogens with zero attached hydrogens (tertiary/aromatic N) is 2. The van der Waals surface area contributed by atoms with Gasteiger partial charge in [-0.3, -0.25) is 19.3 Å². The summed E-state index contributed by atoms with van der Waals surface area (Å²) in [5.41, 5.74) is 4.15. The third kappa shape index (κ3) is 3.93. The number of thiazole rings is 1. The highest BCUT2D eigenvalue weighted by Crippen LogP contribution is 2.28. The SMILES string of the molecule is Cc1ccc(C)c(-c2csc(NC(=O)CCN3C(=O)CCC3=O)n2)c1. The van der Waals surface area contributed by atoms with Gasteiger partial charge in [-0.2, -0.15) is 0 Å². The van der Waals surface area contributed by atoms with Crippen molar-refractivity contribution in [3.8, 4) is 11.3 Å². The zero-order valence-corrected chi connectivity index (χ0v) is 15.0. The molecule has 3 rings (SSSR count). The number of imide groups is 1. The van der Waals surface area contributed by atoms with Crippen LogP contribution in [0.2, 0.25) is 0 Å². The van der Waals surface area contributed by atoms with Crippen molar-refractivity contribution in [1.82, 2.24) is 9.88 Å². The monoisotopic (exact) mass is 357 g/mol. The lowest BCUT2D eigenvalue weighted by atomic mass is 10.0. The number of amides is 3. The Bertz CT molecular complexity index is 828. The van der Waals surface area contributed by atoms with Gasteiger partial charge in [0.2, 0.25) is 17.7 Å². The van der Waals surface area contributed by atoms with Gasteiger partial charge in [0.05, 0.1) is 5.69 Å². The standard InChI is InChI=1S/C18H19N3O3S/c1-11-3-4-12(2)13(9-11)14-10-25-18(19-14)20-15(22)7-8-21-16(23)5-6-17(21)24/h3-4,9-10H,5-8H2,1-2H3,(H,19,20,22). The first-order chi connectivity index (χ1) is 11.9. The number of aryl methyl sites for hydroxylation is 2. The van der Waals surface area contributed by atoms with Crippen molar-refractivity contribution in [2.24, 2.45) is 0 Å². The summed E-state index contributed by atoms with van der Waals surface area (Å²) >= 11 is 1.36. The van der Waals surface area contributed by atoms with Gasteiger partial charge in [-0.1, -0.05) is 17.7 Å². The lowest BCUT2D eigenvalue weighted by Crippen LogP contribution is -2.32. The molecule has 3 amide bonds. The molecule has 1 N–H and O–H groups in total. The van der Waals surface area contributed by atoms with Crippen LogP contribution in [0.25, 0.3) is 11.3 Å². The van der Waals surface area contributed by atoms with Gasteiger partial charge in [0.25, 0.3) is 0 Å². The fraction of sp³-hybridized carbons (Fsp3) is 0.333. The Morgan fingerprint density at radius 2 is 1.96 bits per heavy atom. The summed E-state index contributed by atoms with van der Waals surface area (Å²) in [7, 11) is 0. The molecule has 1 fully saturated rings. The fourth-order valence-corrected chi connectivity index (χ4v) is 3.46. The molecular formula is C18H19N3O3S. The van der Waals surface area contributed by atoms with E-state index in [1.165, 1.54) is 11.3 Å². The van der Waals surface area contributed by atoms with Crippen molar-refractivity contribution < 1.29 is 14.4 Å². The van der Waals surface area contributed by atoms with Crippen LogP contribution in [-0.2, 0) is 14.4 Å². The predicted octanol–water partition coefficient (Wildman–Crippen LogP) is 2.90. The summed E-state index contributed by atoms with van der Waals surface area (Å²) in [6.45, 7) is 4.17. The maximum atomic E-state index is 12.1. The van der Waals surface area contributed by atoms with Crippen molar-refractivity contribution in [1.29, 1.82) is 0 Å². The predicted molar refractivity (Wildman–Crippen MR) is 96.2 cm³/mol. The van der Waals surface area contributed by atoms with Gasteiger partial charge in [0, 0.05) is 36.8 Å². The number of rotatable bonds is 5. The maximum absolute atomic E-state index is 12.1. The molecule has 0 bridgehead atoms. The molecule has 0 saturated carbocycles. The molecule has 1 aliphatic heterocycles. The van der Waals surface area contributed by atoms with E-state index in [1.807, 2.05) is 25.3 Å². The van der Waals surface area contributed by atoms with E-state index in [4.69, 9.17) is 0 Å². The van der Waals surface area contributed by atoms with E-state index in [0.717, 1.165) is 27.3 Å². The fourth-order valence-electron chi connectivity index (χ4n) is 2.73. The number of hydrogen-bond donors (Lipinski definition) is 1. The van der Waals surface area contributed by atoms with Crippen LogP contribution >= 0.6 is 11.3 Å². The van der Waals surface area contributed by atoms with Gasteiger partial charge in [-0.05, 0) is 25.5 Å². The molecule has 0 unspecified atom stereocenters. The Kier molecular flexibility index (Phi) is 4.94. The number of anilines is 1. The van der Waals surface area contributed by atoms with Gasteiger partial charge in [0.15, 0.2) is 5.13 Å². The van der Waals surface area contributed by atoms with E-state index < -0.39 is 0 Å². The Morgan fingerprint density at radius 3 is 2.68 bits per heavy atom. The average Bonchev–Trinajstić information content (AvgIpc) is 3.15. The lowest BCUT2D eigenvalue weighted by molar-refractivity contribution is -0.138. The summed E-state index contributed by atoms with van der Waals surface area (Å²) in [5, 5.41) is 5.16. The van der Waals surface area contributed by atoms with E-state index >= 15 is 0 Å². The van der Waals surface area contributed by atoms with Gasteiger partial charge in [0.1, 0.15) is 0 Å². The topological polar surface area (TPSA) is 79.4 Å². The van der Waals surface area contributed by atoms with Gasteiger partial charge in [-0.25, -0.2) is 4.98 Å². The third-order valence-corrected chi connectivity index (χ3v) is 4.89. The van der Waals surface area contributed by atoms with Crippen LogP contribution in [0, 0.1) is 13.8 Å². The number of aromatic nitrogens is 1. The molecule has 25 heavy (non-hydrogen) atoms. The van der Waals surface area contributed by atoms with Gasteiger partial charge < -0.3 is 5.32 Å². The summed E-state index contributed by atoms with van der Waals surface area (Å²) in [5.74, 6) is -0.664. The maximum Gasteiger partial charge on any atom is 0.229 e. The average molecular weight is 357 g/mol. The highest BCUT2D eigenvalue weighted by molar-refractivity contribution is 7.14. The highest BCUT2D eigenvalue weighted by atomic mass is 32.1. The zero-order valence-electron chi connectivity index (χ0n) is 14.2. The van der Waals surface area contributed by atoms with Crippen LogP contribution in [0.4, 0.5) is 5.13 Å². The number of hydrogen-bond acceptors (Lipinski definition) is 5. The minimum absolute atomic E-state index is 0.0792. The molecule has 7 heteroatoms. The minimum atomic E-state index is -0.255. The Balaban J connectivity index is 1.61. The molecule has 130 valence electrons. The first kappa shape index (κ1) is 17.3. The normalized spacial score (nSPS) is 14.2. The van der Waals surface area contributed by atoms with Gasteiger partial charge >= 0.3 is 0 Å². The summed E-state index contributed by atoms with van der Waals surface area (Å²) < 4.78 is 0. The Morgan fingerprint density at radius 1 is 1.24 bits per heavy atom. The molecule has 6 nitrogen and oxygen atoms in total. The van der Waals surface area contributed by atoms with Crippen LogP contribution in [0.15, 0.2) is 23.6 Å². The van der Waals surface area contributed by atoms with Crippen molar-refractivity contribution in [3.05, 3.63) is 34.7 Å². The smallest absolute Gasteiger partial charge is 0.229 e. The molecule has 0 aliphatic carbocycles. The zero-order chi connectivity index (χ0) is 18.0. The molecule has 1 saturated heterocycles. The van der Waals surface area contributed by atoms with Gasteiger partial charge in [-0.15, -0.1) is 11.3 Å². The molecular weight excluding hydrogens is 338 g/mol. The lowest BCUT2D eigenvalue weighted by Gasteiger charge is -2.12. The van der Waals surface area contributed by atoms with Crippen LogP contribution in [0.1, 0.15) is 30.4 Å². The van der Waals surface area contributed by atoms with E-state index in [9.17, 15) is 14.4 Å². The second kappa shape index (κ2) is 7.14. The van der Waals surface area contributed by atoms with E-state index in [2.05, 4.69) is 22.4 Å². The number of nitrogens with one attached hydrogen (secondary N) is 1. The molecule has 0 atom stereocenters. The third-order valence-electron chi connectivity index (χ3n) is 4.14. The van der Waals surface area contributed by atoms with E-state index in [0.29, 0.717) is 5.13 Å². The number of likely N-dealkylation sites (tertiary alicyclic amines) is 1. The second-order valence-electron chi connectivity index (χ2n) is 6.09.